The number of carbonyl (C=O) groups excluding carboxylic acids is 1. The molecule has 116 valence electrons. The molecular formula is C16H25N3O2. The average Bonchev–Trinajstić information content (AvgIpc) is 2.41. The van der Waals surface area contributed by atoms with E-state index in [2.05, 4.69) is 4.90 Å². The Balaban J connectivity index is 2.29. The van der Waals surface area contributed by atoms with Crippen molar-refractivity contribution in [2.45, 2.75) is 31.7 Å². The maximum atomic E-state index is 12.1. The summed E-state index contributed by atoms with van der Waals surface area (Å²) in [6, 6.07) is 5.93. The van der Waals surface area contributed by atoms with Crippen LogP contribution in [-0.4, -0.2) is 49.2 Å². The summed E-state index contributed by atoms with van der Waals surface area (Å²) in [6.07, 6.45) is 4.24. The van der Waals surface area contributed by atoms with Gasteiger partial charge in [-0.25, -0.2) is 0 Å². The lowest BCUT2D eigenvalue weighted by Crippen LogP contribution is -2.41. The van der Waals surface area contributed by atoms with E-state index in [1.807, 2.05) is 6.07 Å². The third-order valence-electron chi connectivity index (χ3n) is 4.07. The molecule has 1 saturated carbocycles. The van der Waals surface area contributed by atoms with Gasteiger partial charge in [0.1, 0.15) is 0 Å². The number of hydrogen-bond acceptors (Lipinski definition) is 4. The van der Waals surface area contributed by atoms with Gasteiger partial charge in [0.05, 0.1) is 11.4 Å². The maximum Gasteiger partial charge on any atom is 0.253 e. The molecular weight excluding hydrogens is 266 g/mol. The number of amides is 1. The van der Waals surface area contributed by atoms with Gasteiger partial charge in [-0.1, -0.05) is 0 Å². The van der Waals surface area contributed by atoms with E-state index in [9.17, 15) is 4.79 Å². The molecule has 5 nitrogen and oxygen atoms in total. The summed E-state index contributed by atoms with van der Waals surface area (Å²) in [7, 11) is 3.49. The molecule has 0 aromatic heterocycles. The fourth-order valence-electron chi connectivity index (χ4n) is 2.62. The van der Waals surface area contributed by atoms with Crippen LogP contribution in [-0.2, 0) is 0 Å². The predicted octanol–water partition coefficient (Wildman–Crippen LogP) is 1.71. The first-order chi connectivity index (χ1) is 10.0. The van der Waals surface area contributed by atoms with Crippen molar-refractivity contribution in [1.82, 2.24) is 4.90 Å². The van der Waals surface area contributed by atoms with Crippen LogP contribution in [0.1, 0.15) is 36.0 Å². The van der Waals surface area contributed by atoms with Crippen LogP contribution in [0.25, 0.3) is 0 Å². The van der Waals surface area contributed by atoms with Crippen molar-refractivity contribution in [3.8, 4) is 0 Å². The normalized spacial score (nSPS) is 14.6. The molecule has 0 bridgehead atoms. The molecule has 1 amide bonds. The van der Waals surface area contributed by atoms with Crippen molar-refractivity contribution in [3.63, 3.8) is 0 Å². The predicted molar refractivity (Wildman–Crippen MR) is 85.6 cm³/mol. The molecule has 3 N–H and O–H groups in total. The quantitative estimate of drug-likeness (QED) is 0.783. The van der Waals surface area contributed by atoms with Gasteiger partial charge in [0, 0.05) is 38.9 Å². The fourth-order valence-corrected chi connectivity index (χ4v) is 2.62. The van der Waals surface area contributed by atoms with Gasteiger partial charge in [-0.2, -0.15) is 0 Å². The molecule has 1 aromatic carbocycles. The average molecular weight is 291 g/mol. The van der Waals surface area contributed by atoms with E-state index in [4.69, 9.17) is 10.8 Å². The molecule has 0 heterocycles. The largest absolute Gasteiger partial charge is 0.397 e. The van der Waals surface area contributed by atoms with E-state index >= 15 is 0 Å². The highest BCUT2D eigenvalue weighted by Gasteiger charge is 2.26. The number of carbonyl (C=O) groups is 1. The van der Waals surface area contributed by atoms with E-state index in [0.29, 0.717) is 23.7 Å². The molecule has 1 aliphatic carbocycles. The van der Waals surface area contributed by atoms with Gasteiger partial charge in [-0.15, -0.1) is 0 Å². The van der Waals surface area contributed by atoms with Crippen LogP contribution in [0, 0.1) is 0 Å². The SMILES string of the molecule is CN(C)C(=O)c1ccc(N)c(N(CCCO)C2CCC2)c1. The Hall–Kier alpha value is -1.75. The third kappa shape index (κ3) is 3.47. The Kier molecular flexibility index (Phi) is 5.07. The molecule has 21 heavy (non-hydrogen) atoms. The van der Waals surface area contributed by atoms with E-state index in [0.717, 1.165) is 25.1 Å². The number of benzene rings is 1. The molecule has 1 fully saturated rings. The second kappa shape index (κ2) is 6.80. The summed E-state index contributed by atoms with van der Waals surface area (Å²) in [5, 5.41) is 9.10. The van der Waals surface area contributed by atoms with E-state index in [-0.39, 0.29) is 12.5 Å². The zero-order valence-electron chi connectivity index (χ0n) is 12.9. The first-order valence-corrected chi connectivity index (χ1v) is 7.53. The smallest absolute Gasteiger partial charge is 0.253 e. The lowest BCUT2D eigenvalue weighted by atomic mass is 9.90. The van der Waals surface area contributed by atoms with Gasteiger partial charge in [0.25, 0.3) is 5.91 Å². The Morgan fingerprint density at radius 3 is 2.62 bits per heavy atom. The monoisotopic (exact) mass is 291 g/mol. The van der Waals surface area contributed by atoms with Gasteiger partial charge in [0.2, 0.25) is 0 Å². The van der Waals surface area contributed by atoms with Crippen LogP contribution in [0.15, 0.2) is 18.2 Å². The minimum atomic E-state index is -0.0213. The van der Waals surface area contributed by atoms with Crippen molar-refractivity contribution in [1.29, 1.82) is 0 Å². The zero-order valence-corrected chi connectivity index (χ0v) is 12.9. The molecule has 0 aliphatic heterocycles. The topological polar surface area (TPSA) is 69.8 Å². The molecule has 0 spiro atoms. The van der Waals surface area contributed by atoms with Crippen LogP contribution in [0.5, 0.6) is 0 Å². The van der Waals surface area contributed by atoms with Crippen LogP contribution in [0.2, 0.25) is 0 Å². The summed E-state index contributed by atoms with van der Waals surface area (Å²) in [6.45, 7) is 0.935. The molecule has 0 atom stereocenters. The molecule has 1 aliphatic rings. The number of anilines is 2. The zero-order chi connectivity index (χ0) is 15.4. The Morgan fingerprint density at radius 2 is 2.10 bits per heavy atom. The number of nitrogens with zero attached hydrogens (tertiary/aromatic N) is 2. The molecule has 0 radical (unpaired) electrons. The summed E-state index contributed by atoms with van der Waals surface area (Å²) >= 11 is 0. The summed E-state index contributed by atoms with van der Waals surface area (Å²) in [5.41, 5.74) is 8.38. The van der Waals surface area contributed by atoms with Crippen molar-refractivity contribution < 1.29 is 9.90 Å². The number of hydrogen-bond donors (Lipinski definition) is 2. The van der Waals surface area contributed by atoms with E-state index < -0.39 is 0 Å². The highest BCUT2D eigenvalue weighted by atomic mass is 16.3. The van der Waals surface area contributed by atoms with Gasteiger partial charge in [0.15, 0.2) is 0 Å². The van der Waals surface area contributed by atoms with Crippen molar-refractivity contribution >= 4 is 17.3 Å². The Labute approximate surface area is 126 Å². The Morgan fingerprint density at radius 1 is 1.38 bits per heavy atom. The van der Waals surface area contributed by atoms with Crippen molar-refractivity contribution in [2.75, 3.05) is 37.9 Å². The highest BCUT2D eigenvalue weighted by Crippen LogP contribution is 2.33. The molecule has 0 unspecified atom stereocenters. The van der Waals surface area contributed by atoms with Gasteiger partial charge >= 0.3 is 0 Å². The highest BCUT2D eigenvalue weighted by molar-refractivity contribution is 5.96. The van der Waals surface area contributed by atoms with Crippen LogP contribution in [0.4, 0.5) is 11.4 Å². The molecule has 0 saturated heterocycles. The second-order valence-electron chi connectivity index (χ2n) is 5.83. The van der Waals surface area contributed by atoms with Gasteiger partial charge in [-0.3, -0.25) is 4.79 Å². The summed E-state index contributed by atoms with van der Waals surface area (Å²) < 4.78 is 0. The van der Waals surface area contributed by atoms with Gasteiger partial charge < -0.3 is 20.6 Å². The van der Waals surface area contributed by atoms with Crippen LogP contribution >= 0.6 is 0 Å². The summed E-state index contributed by atoms with van der Waals surface area (Å²) in [4.78, 5) is 15.9. The van der Waals surface area contributed by atoms with Crippen molar-refractivity contribution in [2.24, 2.45) is 0 Å². The number of nitrogen functional groups attached to an aromatic ring is 1. The number of rotatable bonds is 6. The Bertz CT molecular complexity index is 498. The maximum absolute atomic E-state index is 12.1. The minimum Gasteiger partial charge on any atom is -0.397 e. The van der Waals surface area contributed by atoms with Gasteiger partial charge in [-0.05, 0) is 43.9 Å². The van der Waals surface area contributed by atoms with E-state index in [1.54, 1.807) is 31.1 Å². The van der Waals surface area contributed by atoms with Crippen LogP contribution in [0.3, 0.4) is 0 Å². The lowest BCUT2D eigenvalue weighted by Gasteiger charge is -2.40. The standard InChI is InChI=1S/C16H25N3O2/c1-18(2)16(21)12-7-8-14(17)15(11-12)19(9-4-10-20)13-5-3-6-13/h7-8,11,13,20H,3-6,9-10,17H2,1-2H3. The van der Waals surface area contributed by atoms with Crippen molar-refractivity contribution in [3.05, 3.63) is 23.8 Å². The summed E-state index contributed by atoms with van der Waals surface area (Å²) in [5.74, 6) is -0.0213. The number of aliphatic hydroxyl groups is 1. The third-order valence-corrected chi connectivity index (χ3v) is 4.07. The number of aliphatic hydroxyl groups excluding tert-OH is 1. The molecule has 5 heteroatoms. The molecule has 1 aromatic rings. The second-order valence-corrected chi connectivity index (χ2v) is 5.83. The number of nitrogens with two attached hydrogens (primary N) is 1. The van der Waals surface area contributed by atoms with E-state index in [1.165, 1.54) is 6.42 Å². The first kappa shape index (κ1) is 15.6. The first-order valence-electron chi connectivity index (χ1n) is 7.53. The molecule has 2 rings (SSSR count). The fraction of sp³-hybridized carbons (Fsp3) is 0.562. The lowest BCUT2D eigenvalue weighted by molar-refractivity contribution is 0.0827. The minimum absolute atomic E-state index is 0.0213. The van der Waals surface area contributed by atoms with Crippen LogP contribution < -0.4 is 10.6 Å².